The van der Waals surface area contributed by atoms with Gasteiger partial charge in [0, 0.05) is 29.6 Å². The molecule has 0 atom stereocenters. The molecule has 188 valence electrons. The molecule has 9 heteroatoms. The number of hydrogen-bond acceptors (Lipinski definition) is 4. The number of carbonyl (C=O) groups excluding carboxylic acids is 2. The fourth-order valence-corrected chi connectivity index (χ4v) is 3.66. The molecule has 2 amide bonds. The van der Waals surface area contributed by atoms with Crippen LogP contribution in [-0.4, -0.2) is 46.5 Å². The van der Waals surface area contributed by atoms with E-state index in [0.717, 1.165) is 5.56 Å². The van der Waals surface area contributed by atoms with E-state index < -0.39 is 23.4 Å². The Morgan fingerprint density at radius 2 is 1.62 bits per heavy atom. The summed E-state index contributed by atoms with van der Waals surface area (Å²) >= 11 is 0. The van der Waals surface area contributed by atoms with Crippen LogP contribution in [0.3, 0.4) is 0 Å². The van der Waals surface area contributed by atoms with Crippen molar-refractivity contribution in [1.29, 1.82) is 0 Å². The number of benzene rings is 3. The van der Waals surface area contributed by atoms with Crippen LogP contribution in [-0.2, 0) is 4.79 Å². The molecule has 0 saturated heterocycles. The van der Waals surface area contributed by atoms with Crippen molar-refractivity contribution in [1.82, 2.24) is 14.5 Å². The van der Waals surface area contributed by atoms with E-state index in [1.54, 1.807) is 42.1 Å². The van der Waals surface area contributed by atoms with E-state index in [1.807, 2.05) is 12.1 Å². The molecule has 37 heavy (non-hydrogen) atoms. The maximum atomic E-state index is 13.5. The molecule has 0 aliphatic rings. The standard InChI is InChI=1S/C28H24F2N4O3/c1-3-16-33(27(36)20-4-8-21(29)9-5-20)18-26(35)32-28-31-25(19-6-14-24(37-2)15-7-19)17-34(28)23-12-10-22(30)11-13-23/h3-15,17H,1,16,18H2,2H3,(H,31,32,35). The van der Waals surface area contributed by atoms with E-state index in [2.05, 4.69) is 16.9 Å². The average Bonchev–Trinajstić information content (AvgIpc) is 3.32. The lowest BCUT2D eigenvalue weighted by Gasteiger charge is -2.20. The van der Waals surface area contributed by atoms with Gasteiger partial charge in [-0.15, -0.1) is 6.58 Å². The summed E-state index contributed by atoms with van der Waals surface area (Å²) < 4.78 is 33.6. The Bertz CT molecular complexity index is 1400. The Morgan fingerprint density at radius 3 is 2.22 bits per heavy atom. The van der Waals surface area contributed by atoms with E-state index in [0.29, 0.717) is 17.1 Å². The summed E-state index contributed by atoms with van der Waals surface area (Å²) in [5, 5.41) is 2.75. The fourth-order valence-electron chi connectivity index (χ4n) is 3.66. The van der Waals surface area contributed by atoms with Crippen molar-refractivity contribution in [3.63, 3.8) is 0 Å². The summed E-state index contributed by atoms with van der Waals surface area (Å²) in [5.41, 5.74) is 2.16. The SMILES string of the molecule is C=CCN(CC(=O)Nc1nc(-c2ccc(OC)cc2)cn1-c1ccc(F)cc1)C(=O)c1ccc(F)cc1. The third-order valence-corrected chi connectivity index (χ3v) is 5.51. The van der Waals surface area contributed by atoms with Gasteiger partial charge in [0.15, 0.2) is 0 Å². The molecule has 0 aliphatic heterocycles. The Kier molecular flexibility index (Phi) is 7.73. The molecule has 1 N–H and O–H groups in total. The zero-order chi connectivity index (χ0) is 26.4. The number of anilines is 1. The third-order valence-electron chi connectivity index (χ3n) is 5.51. The summed E-state index contributed by atoms with van der Waals surface area (Å²) in [6.07, 6.45) is 3.21. The van der Waals surface area contributed by atoms with Crippen LogP contribution in [0.5, 0.6) is 5.75 Å². The minimum atomic E-state index is -0.507. The summed E-state index contributed by atoms with van der Waals surface area (Å²) in [7, 11) is 1.57. The summed E-state index contributed by atoms with van der Waals surface area (Å²) in [4.78, 5) is 31.8. The molecule has 7 nitrogen and oxygen atoms in total. The second-order valence-corrected chi connectivity index (χ2v) is 8.05. The van der Waals surface area contributed by atoms with Crippen molar-refractivity contribution in [3.05, 3.63) is 109 Å². The molecule has 0 bridgehead atoms. The molecule has 4 rings (SSSR count). The van der Waals surface area contributed by atoms with E-state index >= 15 is 0 Å². The first kappa shape index (κ1) is 25.3. The largest absolute Gasteiger partial charge is 0.497 e. The zero-order valence-corrected chi connectivity index (χ0v) is 20.0. The van der Waals surface area contributed by atoms with Crippen molar-refractivity contribution >= 4 is 17.8 Å². The maximum Gasteiger partial charge on any atom is 0.254 e. The first-order valence-electron chi connectivity index (χ1n) is 11.3. The molecule has 1 heterocycles. The van der Waals surface area contributed by atoms with Gasteiger partial charge in [0.2, 0.25) is 11.9 Å². The molecule has 0 spiro atoms. The van der Waals surface area contributed by atoms with Gasteiger partial charge in [-0.1, -0.05) is 6.08 Å². The maximum absolute atomic E-state index is 13.5. The van der Waals surface area contributed by atoms with Gasteiger partial charge in [-0.2, -0.15) is 0 Å². The first-order chi connectivity index (χ1) is 17.9. The van der Waals surface area contributed by atoms with Gasteiger partial charge in [-0.3, -0.25) is 19.5 Å². The van der Waals surface area contributed by atoms with Crippen LogP contribution in [0, 0.1) is 11.6 Å². The molecule has 0 fully saturated rings. The number of ether oxygens (including phenoxy) is 1. The van der Waals surface area contributed by atoms with Crippen molar-refractivity contribution in [2.45, 2.75) is 0 Å². The second kappa shape index (κ2) is 11.3. The van der Waals surface area contributed by atoms with E-state index in [9.17, 15) is 18.4 Å². The van der Waals surface area contributed by atoms with Gasteiger partial charge >= 0.3 is 0 Å². The predicted molar refractivity (Wildman–Crippen MR) is 137 cm³/mol. The normalized spacial score (nSPS) is 10.6. The monoisotopic (exact) mass is 502 g/mol. The van der Waals surface area contributed by atoms with Crippen LogP contribution in [0.4, 0.5) is 14.7 Å². The highest BCUT2D eigenvalue weighted by Crippen LogP contribution is 2.26. The smallest absolute Gasteiger partial charge is 0.254 e. The highest BCUT2D eigenvalue weighted by molar-refractivity contribution is 5.99. The number of rotatable bonds is 9. The van der Waals surface area contributed by atoms with Gasteiger partial charge < -0.3 is 9.64 Å². The minimum absolute atomic E-state index is 0.104. The van der Waals surface area contributed by atoms with E-state index in [4.69, 9.17) is 4.74 Å². The van der Waals surface area contributed by atoms with Gasteiger partial charge in [0.1, 0.15) is 23.9 Å². The molecular formula is C28H24F2N4O3. The zero-order valence-electron chi connectivity index (χ0n) is 20.0. The number of carbonyl (C=O) groups is 2. The van der Waals surface area contributed by atoms with Crippen molar-refractivity contribution in [3.8, 4) is 22.7 Å². The van der Waals surface area contributed by atoms with E-state index in [1.165, 1.54) is 47.4 Å². The lowest BCUT2D eigenvalue weighted by Crippen LogP contribution is -2.38. The number of nitrogens with one attached hydrogen (secondary N) is 1. The van der Waals surface area contributed by atoms with Gasteiger partial charge in [-0.05, 0) is 72.8 Å². The highest BCUT2D eigenvalue weighted by atomic mass is 19.1. The van der Waals surface area contributed by atoms with Crippen molar-refractivity contribution in [2.24, 2.45) is 0 Å². The predicted octanol–water partition coefficient (Wildman–Crippen LogP) is 5.09. The van der Waals surface area contributed by atoms with Crippen LogP contribution < -0.4 is 10.1 Å². The Morgan fingerprint density at radius 1 is 1.00 bits per heavy atom. The fraction of sp³-hybridized carbons (Fsp3) is 0.107. The Hall–Kier alpha value is -4.79. The van der Waals surface area contributed by atoms with Crippen molar-refractivity contribution < 1.29 is 23.1 Å². The van der Waals surface area contributed by atoms with Gasteiger partial charge in [0.25, 0.3) is 5.91 Å². The summed E-state index contributed by atoms with van der Waals surface area (Å²) in [6.45, 7) is 3.46. The number of amides is 2. The number of methoxy groups -OCH3 is 1. The number of nitrogens with zero attached hydrogens (tertiary/aromatic N) is 3. The first-order valence-corrected chi connectivity index (χ1v) is 11.3. The number of aromatic nitrogens is 2. The number of hydrogen-bond donors (Lipinski definition) is 1. The molecular weight excluding hydrogens is 478 g/mol. The molecule has 0 saturated carbocycles. The van der Waals surface area contributed by atoms with Gasteiger partial charge in [0.05, 0.1) is 12.8 Å². The van der Waals surface area contributed by atoms with Crippen LogP contribution >= 0.6 is 0 Å². The quantitative estimate of drug-likeness (QED) is 0.324. The molecule has 0 unspecified atom stereocenters. The van der Waals surface area contributed by atoms with Crippen molar-refractivity contribution in [2.75, 3.05) is 25.5 Å². The van der Waals surface area contributed by atoms with Crippen LogP contribution in [0.2, 0.25) is 0 Å². The van der Waals surface area contributed by atoms with Gasteiger partial charge in [-0.25, -0.2) is 13.8 Å². The Balaban J connectivity index is 1.60. The van der Waals surface area contributed by atoms with Crippen LogP contribution in [0.25, 0.3) is 16.9 Å². The molecule has 0 aliphatic carbocycles. The highest BCUT2D eigenvalue weighted by Gasteiger charge is 2.20. The number of imidazole rings is 1. The lowest BCUT2D eigenvalue weighted by molar-refractivity contribution is -0.116. The van der Waals surface area contributed by atoms with E-state index in [-0.39, 0.29) is 24.6 Å². The number of halogens is 2. The second-order valence-electron chi connectivity index (χ2n) is 8.05. The lowest BCUT2D eigenvalue weighted by atomic mass is 10.1. The summed E-state index contributed by atoms with van der Waals surface area (Å²) in [6, 6.07) is 18.0. The Labute approximate surface area is 212 Å². The molecule has 1 aromatic heterocycles. The topological polar surface area (TPSA) is 76.5 Å². The average molecular weight is 503 g/mol. The van der Waals surface area contributed by atoms with Crippen LogP contribution in [0.15, 0.2) is 91.6 Å². The molecule has 4 aromatic rings. The molecule has 0 radical (unpaired) electrons. The molecule has 3 aromatic carbocycles. The third kappa shape index (κ3) is 6.07. The minimum Gasteiger partial charge on any atom is -0.497 e. The van der Waals surface area contributed by atoms with Crippen LogP contribution in [0.1, 0.15) is 10.4 Å². The summed E-state index contributed by atoms with van der Waals surface area (Å²) in [5.74, 6) is -0.948.